The fraction of sp³-hybridized carbons (Fsp3) is 0.179. The Morgan fingerprint density at radius 2 is 1.41 bits per heavy atom. The standard InChI is InChI=1S/C28H27NO2S/c30-28(31)27-17-16-26(32-27)25-15-7-13-24(19-25)21-29(20-23-11-5-2-6-12-23)18-8-14-22-9-3-1-4-10-22/h1-7,9-13,15-17,19H,8,14,18,20-21H2,(H,30,31). The summed E-state index contributed by atoms with van der Waals surface area (Å²) in [6.07, 6.45) is 2.17. The Morgan fingerprint density at radius 1 is 0.750 bits per heavy atom. The maximum atomic E-state index is 11.2. The van der Waals surface area contributed by atoms with E-state index < -0.39 is 5.97 Å². The van der Waals surface area contributed by atoms with Gasteiger partial charge in [0.15, 0.2) is 0 Å². The number of rotatable bonds is 10. The van der Waals surface area contributed by atoms with Gasteiger partial charge < -0.3 is 5.11 Å². The lowest BCUT2D eigenvalue weighted by Crippen LogP contribution is -2.24. The first kappa shape index (κ1) is 22.0. The van der Waals surface area contributed by atoms with Crippen LogP contribution in [0.4, 0.5) is 0 Å². The van der Waals surface area contributed by atoms with Gasteiger partial charge in [-0.2, -0.15) is 0 Å². The number of carboxylic acid groups (broad SMARTS) is 1. The van der Waals surface area contributed by atoms with Crippen molar-refractivity contribution in [2.24, 2.45) is 0 Å². The molecular formula is C28H27NO2S. The van der Waals surface area contributed by atoms with Gasteiger partial charge in [-0.25, -0.2) is 4.79 Å². The Balaban J connectivity index is 1.47. The number of carbonyl (C=O) groups is 1. The topological polar surface area (TPSA) is 40.5 Å². The molecule has 0 spiro atoms. The molecule has 0 aliphatic rings. The zero-order valence-electron chi connectivity index (χ0n) is 18.0. The van der Waals surface area contributed by atoms with Gasteiger partial charge in [0, 0.05) is 18.0 Å². The number of aromatic carboxylic acids is 1. The lowest BCUT2D eigenvalue weighted by molar-refractivity contribution is 0.0702. The molecule has 0 saturated carbocycles. The molecule has 3 nitrogen and oxygen atoms in total. The SMILES string of the molecule is O=C(O)c1ccc(-c2cccc(CN(CCCc3ccccc3)Cc3ccccc3)c2)s1. The number of hydrogen-bond acceptors (Lipinski definition) is 3. The highest BCUT2D eigenvalue weighted by Gasteiger charge is 2.11. The van der Waals surface area contributed by atoms with Crippen molar-refractivity contribution in [2.75, 3.05) is 6.54 Å². The van der Waals surface area contributed by atoms with Crippen molar-refractivity contribution in [3.8, 4) is 10.4 Å². The van der Waals surface area contributed by atoms with E-state index in [2.05, 4.69) is 89.8 Å². The summed E-state index contributed by atoms with van der Waals surface area (Å²) in [5.74, 6) is -0.871. The third-order valence-corrected chi connectivity index (χ3v) is 6.59. The van der Waals surface area contributed by atoms with E-state index in [4.69, 9.17) is 0 Å². The quantitative estimate of drug-likeness (QED) is 0.296. The highest BCUT2D eigenvalue weighted by atomic mass is 32.1. The summed E-state index contributed by atoms with van der Waals surface area (Å²) in [6.45, 7) is 2.77. The molecule has 0 saturated heterocycles. The smallest absolute Gasteiger partial charge is 0.345 e. The molecule has 1 heterocycles. The van der Waals surface area contributed by atoms with Crippen LogP contribution < -0.4 is 0 Å². The van der Waals surface area contributed by atoms with Gasteiger partial charge in [-0.3, -0.25) is 4.90 Å². The van der Waals surface area contributed by atoms with Crippen LogP contribution in [0.1, 0.15) is 32.8 Å². The minimum Gasteiger partial charge on any atom is -0.477 e. The molecule has 4 aromatic rings. The van der Waals surface area contributed by atoms with E-state index >= 15 is 0 Å². The van der Waals surface area contributed by atoms with E-state index in [0.29, 0.717) is 4.88 Å². The molecule has 1 aromatic heterocycles. The van der Waals surface area contributed by atoms with Crippen LogP contribution in [0.3, 0.4) is 0 Å². The second-order valence-electron chi connectivity index (χ2n) is 7.95. The molecule has 0 atom stereocenters. The van der Waals surface area contributed by atoms with E-state index in [1.54, 1.807) is 6.07 Å². The molecule has 32 heavy (non-hydrogen) atoms. The fourth-order valence-corrected chi connectivity index (χ4v) is 4.74. The Bertz CT molecular complexity index is 1140. The second kappa shape index (κ2) is 10.9. The molecular weight excluding hydrogens is 414 g/mol. The lowest BCUT2D eigenvalue weighted by atomic mass is 10.1. The molecule has 0 bridgehead atoms. The van der Waals surface area contributed by atoms with E-state index in [1.165, 1.54) is 28.0 Å². The molecule has 0 unspecified atom stereocenters. The second-order valence-corrected chi connectivity index (χ2v) is 9.04. The van der Waals surface area contributed by atoms with Crippen LogP contribution >= 0.6 is 11.3 Å². The molecule has 0 radical (unpaired) electrons. The van der Waals surface area contributed by atoms with Crippen molar-refractivity contribution in [3.05, 3.63) is 119 Å². The maximum absolute atomic E-state index is 11.2. The Morgan fingerprint density at radius 3 is 2.09 bits per heavy atom. The van der Waals surface area contributed by atoms with Crippen LogP contribution in [0.2, 0.25) is 0 Å². The van der Waals surface area contributed by atoms with Crippen LogP contribution in [0.5, 0.6) is 0 Å². The van der Waals surface area contributed by atoms with Gasteiger partial charge in [0.25, 0.3) is 0 Å². The summed E-state index contributed by atoms with van der Waals surface area (Å²) in [4.78, 5) is 15.1. The van der Waals surface area contributed by atoms with Gasteiger partial charge >= 0.3 is 5.97 Å². The maximum Gasteiger partial charge on any atom is 0.345 e. The number of aryl methyl sites for hydroxylation is 1. The Kier molecular flexibility index (Phi) is 7.49. The third-order valence-electron chi connectivity index (χ3n) is 5.47. The molecule has 4 heteroatoms. The van der Waals surface area contributed by atoms with Gasteiger partial charge in [-0.05, 0) is 59.8 Å². The van der Waals surface area contributed by atoms with Gasteiger partial charge in [-0.1, -0.05) is 78.9 Å². The highest BCUT2D eigenvalue weighted by Crippen LogP contribution is 2.29. The average molecular weight is 442 g/mol. The van der Waals surface area contributed by atoms with Crippen molar-refractivity contribution in [1.82, 2.24) is 4.90 Å². The fourth-order valence-electron chi connectivity index (χ4n) is 3.90. The molecule has 0 fully saturated rings. The molecule has 162 valence electrons. The Labute approximate surface area is 193 Å². The van der Waals surface area contributed by atoms with E-state index in [-0.39, 0.29) is 0 Å². The van der Waals surface area contributed by atoms with E-state index in [1.807, 2.05) is 6.07 Å². The minimum atomic E-state index is -0.871. The van der Waals surface area contributed by atoms with Gasteiger partial charge in [0.05, 0.1) is 0 Å². The predicted molar refractivity (Wildman–Crippen MR) is 132 cm³/mol. The normalized spacial score (nSPS) is 11.0. The number of benzene rings is 3. The summed E-state index contributed by atoms with van der Waals surface area (Å²) < 4.78 is 0. The highest BCUT2D eigenvalue weighted by molar-refractivity contribution is 7.17. The largest absolute Gasteiger partial charge is 0.477 e. The predicted octanol–water partition coefficient (Wildman–Crippen LogP) is 6.75. The van der Waals surface area contributed by atoms with Crippen LogP contribution in [-0.4, -0.2) is 22.5 Å². The third kappa shape index (κ3) is 6.16. The van der Waals surface area contributed by atoms with E-state index in [0.717, 1.165) is 42.9 Å². The number of hydrogen-bond donors (Lipinski definition) is 1. The minimum absolute atomic E-state index is 0.372. The molecule has 0 aliphatic heterocycles. The van der Waals surface area contributed by atoms with Crippen molar-refractivity contribution in [3.63, 3.8) is 0 Å². The van der Waals surface area contributed by atoms with Gasteiger partial charge in [0.2, 0.25) is 0 Å². The first-order valence-electron chi connectivity index (χ1n) is 10.9. The summed E-state index contributed by atoms with van der Waals surface area (Å²) >= 11 is 1.32. The lowest BCUT2D eigenvalue weighted by Gasteiger charge is -2.23. The van der Waals surface area contributed by atoms with Gasteiger partial charge in [0.1, 0.15) is 4.88 Å². The zero-order valence-corrected chi connectivity index (χ0v) is 18.8. The molecule has 1 N–H and O–H groups in total. The summed E-state index contributed by atoms with van der Waals surface area (Å²) in [7, 11) is 0. The monoisotopic (exact) mass is 441 g/mol. The van der Waals surface area contributed by atoms with E-state index in [9.17, 15) is 9.90 Å². The van der Waals surface area contributed by atoms with Crippen molar-refractivity contribution < 1.29 is 9.90 Å². The van der Waals surface area contributed by atoms with Crippen LogP contribution in [-0.2, 0) is 19.5 Å². The van der Waals surface area contributed by atoms with Crippen LogP contribution in [0.25, 0.3) is 10.4 Å². The average Bonchev–Trinajstić information content (AvgIpc) is 3.32. The van der Waals surface area contributed by atoms with Crippen molar-refractivity contribution in [2.45, 2.75) is 25.9 Å². The summed E-state index contributed by atoms with van der Waals surface area (Å²) in [6, 6.07) is 33.3. The summed E-state index contributed by atoms with van der Waals surface area (Å²) in [5, 5.41) is 9.23. The molecule has 3 aromatic carbocycles. The number of nitrogens with zero attached hydrogens (tertiary/aromatic N) is 1. The first-order chi connectivity index (χ1) is 15.7. The van der Waals surface area contributed by atoms with Crippen molar-refractivity contribution >= 4 is 17.3 Å². The van der Waals surface area contributed by atoms with Crippen LogP contribution in [0.15, 0.2) is 97.1 Å². The van der Waals surface area contributed by atoms with Gasteiger partial charge in [-0.15, -0.1) is 11.3 Å². The summed E-state index contributed by atoms with van der Waals surface area (Å²) in [5.41, 5.74) is 5.00. The number of thiophene rings is 1. The Hall–Kier alpha value is -3.21. The number of carboxylic acids is 1. The van der Waals surface area contributed by atoms with Crippen molar-refractivity contribution in [1.29, 1.82) is 0 Å². The first-order valence-corrected chi connectivity index (χ1v) is 11.7. The van der Waals surface area contributed by atoms with Crippen LogP contribution in [0, 0.1) is 0 Å². The molecule has 0 aliphatic carbocycles. The zero-order chi connectivity index (χ0) is 22.2. The molecule has 0 amide bonds. The molecule has 4 rings (SSSR count).